The molecule has 1 fully saturated rings. The molecule has 2 N–H and O–H groups in total. The first-order valence-corrected chi connectivity index (χ1v) is 8.84. The van der Waals surface area contributed by atoms with Gasteiger partial charge in [0.25, 0.3) is 11.5 Å². The lowest BCUT2D eigenvalue weighted by Crippen LogP contribution is -2.38. The van der Waals surface area contributed by atoms with Crippen LogP contribution in [0.2, 0.25) is 0 Å². The maximum Gasteiger partial charge on any atom is 0.279 e. The van der Waals surface area contributed by atoms with Crippen molar-refractivity contribution >= 4 is 5.91 Å². The molecule has 1 aliphatic rings. The fourth-order valence-electron chi connectivity index (χ4n) is 3.49. The summed E-state index contributed by atoms with van der Waals surface area (Å²) in [6.07, 6.45) is 9.21. The normalized spacial score (nSPS) is 16.4. The molecule has 0 radical (unpaired) electrons. The van der Waals surface area contributed by atoms with Crippen LogP contribution in [0.1, 0.15) is 65.6 Å². The van der Waals surface area contributed by atoms with Crippen molar-refractivity contribution in [1.29, 1.82) is 0 Å². The summed E-state index contributed by atoms with van der Waals surface area (Å²) in [5, 5.41) is 3.05. The van der Waals surface area contributed by atoms with Crippen LogP contribution in [0.4, 0.5) is 0 Å². The van der Waals surface area contributed by atoms with Gasteiger partial charge in [-0.15, -0.1) is 0 Å². The molecule has 0 spiro atoms. The number of aromatic amines is 1. The predicted octanol–water partition coefficient (Wildman–Crippen LogP) is 2.83. The van der Waals surface area contributed by atoms with Gasteiger partial charge in [-0.2, -0.15) is 0 Å². The molecule has 1 amide bonds. The average Bonchev–Trinajstić information content (AvgIpc) is 2.64. The van der Waals surface area contributed by atoms with Crippen molar-refractivity contribution in [3.05, 3.63) is 57.5 Å². The first-order valence-electron chi connectivity index (χ1n) is 8.84. The summed E-state index contributed by atoms with van der Waals surface area (Å²) in [7, 11) is 0. The molecule has 2 aromatic rings. The minimum absolute atomic E-state index is 0.0761. The summed E-state index contributed by atoms with van der Waals surface area (Å²) in [6.45, 7) is 3.55. The highest BCUT2D eigenvalue weighted by molar-refractivity contribution is 5.92. The second-order valence-electron chi connectivity index (χ2n) is 6.76. The van der Waals surface area contributed by atoms with E-state index in [9.17, 15) is 9.59 Å². The number of rotatable bonds is 4. The molecular weight excluding hydrogens is 316 g/mol. The average molecular weight is 340 g/mol. The Bertz CT molecular complexity index is 795. The Morgan fingerprint density at radius 2 is 2.04 bits per heavy atom. The zero-order valence-electron chi connectivity index (χ0n) is 14.7. The Morgan fingerprint density at radius 3 is 2.72 bits per heavy atom. The highest BCUT2D eigenvalue weighted by Gasteiger charge is 2.28. The molecule has 1 aliphatic carbocycles. The van der Waals surface area contributed by atoms with Crippen LogP contribution in [-0.4, -0.2) is 20.9 Å². The lowest BCUT2D eigenvalue weighted by Gasteiger charge is -2.31. The molecule has 0 bridgehead atoms. The summed E-state index contributed by atoms with van der Waals surface area (Å²) >= 11 is 0. The number of pyridine rings is 1. The van der Waals surface area contributed by atoms with E-state index >= 15 is 0 Å². The van der Waals surface area contributed by atoms with Crippen LogP contribution < -0.4 is 10.9 Å². The predicted molar refractivity (Wildman–Crippen MR) is 95.4 cm³/mol. The molecule has 3 rings (SSSR count). The smallest absolute Gasteiger partial charge is 0.279 e. The molecule has 0 aromatic carbocycles. The third-order valence-electron chi connectivity index (χ3n) is 5.00. The SMILES string of the molecule is Cc1nc(C(=O)N[C@@H](c2cccnc2)C2CCCCC2)c(=O)[nH]c1C. The molecule has 25 heavy (non-hydrogen) atoms. The number of nitrogens with zero attached hydrogens (tertiary/aromatic N) is 2. The van der Waals surface area contributed by atoms with Crippen molar-refractivity contribution in [2.45, 2.75) is 52.0 Å². The molecule has 0 saturated heterocycles. The van der Waals surface area contributed by atoms with Gasteiger partial charge >= 0.3 is 0 Å². The van der Waals surface area contributed by atoms with Crippen molar-refractivity contribution in [3.63, 3.8) is 0 Å². The highest BCUT2D eigenvalue weighted by Crippen LogP contribution is 2.34. The van der Waals surface area contributed by atoms with E-state index in [2.05, 4.69) is 20.3 Å². The van der Waals surface area contributed by atoms with Crippen LogP contribution >= 0.6 is 0 Å². The number of H-pyrrole nitrogens is 1. The molecule has 0 unspecified atom stereocenters. The van der Waals surface area contributed by atoms with E-state index in [1.807, 2.05) is 12.1 Å². The number of nitrogens with one attached hydrogen (secondary N) is 2. The number of carbonyl (C=O) groups excluding carboxylic acids is 1. The van der Waals surface area contributed by atoms with Crippen molar-refractivity contribution in [2.75, 3.05) is 0 Å². The Morgan fingerprint density at radius 1 is 1.28 bits per heavy atom. The number of aryl methyl sites for hydroxylation is 2. The molecule has 132 valence electrons. The Kier molecular flexibility index (Phi) is 5.26. The molecule has 0 aliphatic heterocycles. The highest BCUT2D eigenvalue weighted by atomic mass is 16.2. The minimum atomic E-state index is -0.450. The van der Waals surface area contributed by atoms with Gasteiger partial charge in [0.15, 0.2) is 5.69 Å². The number of hydrogen-bond acceptors (Lipinski definition) is 4. The van der Waals surface area contributed by atoms with Crippen LogP contribution in [0.5, 0.6) is 0 Å². The zero-order valence-corrected chi connectivity index (χ0v) is 14.7. The van der Waals surface area contributed by atoms with Crippen LogP contribution in [0.25, 0.3) is 0 Å². The molecule has 6 nitrogen and oxygen atoms in total. The Labute approximate surface area is 147 Å². The third-order valence-corrected chi connectivity index (χ3v) is 5.00. The van der Waals surface area contributed by atoms with Gasteiger partial charge in [0.2, 0.25) is 0 Å². The molecule has 2 heterocycles. The third kappa shape index (κ3) is 3.95. The van der Waals surface area contributed by atoms with Gasteiger partial charge in [-0.1, -0.05) is 25.3 Å². The van der Waals surface area contributed by atoms with Gasteiger partial charge in [0, 0.05) is 18.1 Å². The van der Waals surface area contributed by atoms with Crippen LogP contribution in [0.3, 0.4) is 0 Å². The standard InChI is InChI=1S/C19H24N4O2/c1-12-13(2)22-18(24)17(21-12)19(25)23-16(14-7-4-3-5-8-14)15-9-6-10-20-11-15/h6,9-11,14,16H,3-5,7-8H2,1-2H3,(H,22,24)(H,23,25)/t16-/m1/s1. The largest absolute Gasteiger partial charge is 0.343 e. The maximum absolute atomic E-state index is 12.7. The number of hydrogen-bond donors (Lipinski definition) is 2. The van der Waals surface area contributed by atoms with E-state index in [0.29, 0.717) is 17.3 Å². The topological polar surface area (TPSA) is 87.7 Å². The van der Waals surface area contributed by atoms with E-state index in [-0.39, 0.29) is 11.7 Å². The first-order chi connectivity index (χ1) is 12.1. The van der Waals surface area contributed by atoms with E-state index in [1.54, 1.807) is 26.2 Å². The fraction of sp³-hybridized carbons (Fsp3) is 0.474. The summed E-state index contributed by atoms with van der Waals surface area (Å²) in [6, 6.07) is 3.70. The van der Waals surface area contributed by atoms with Crippen molar-refractivity contribution in [2.24, 2.45) is 5.92 Å². The van der Waals surface area contributed by atoms with E-state index in [0.717, 1.165) is 18.4 Å². The van der Waals surface area contributed by atoms with Crippen molar-refractivity contribution < 1.29 is 4.79 Å². The Balaban J connectivity index is 1.88. The van der Waals surface area contributed by atoms with E-state index in [4.69, 9.17) is 0 Å². The number of aromatic nitrogens is 3. The second-order valence-corrected chi connectivity index (χ2v) is 6.76. The summed E-state index contributed by atoms with van der Waals surface area (Å²) in [5.41, 5.74) is 1.78. The number of carbonyl (C=O) groups is 1. The van der Waals surface area contributed by atoms with Gasteiger partial charge in [0.05, 0.1) is 11.7 Å². The minimum Gasteiger partial charge on any atom is -0.343 e. The zero-order chi connectivity index (χ0) is 17.8. The molecular formula is C19H24N4O2. The first kappa shape index (κ1) is 17.3. The van der Waals surface area contributed by atoms with Crippen molar-refractivity contribution in [1.82, 2.24) is 20.3 Å². The lowest BCUT2D eigenvalue weighted by molar-refractivity contribution is 0.0905. The quantitative estimate of drug-likeness (QED) is 0.896. The van der Waals surface area contributed by atoms with Crippen LogP contribution in [0, 0.1) is 19.8 Å². The van der Waals surface area contributed by atoms with Gasteiger partial charge in [0.1, 0.15) is 0 Å². The second kappa shape index (κ2) is 7.59. The molecule has 2 aromatic heterocycles. The number of amides is 1. The van der Waals surface area contributed by atoms with Crippen LogP contribution in [-0.2, 0) is 0 Å². The molecule has 1 saturated carbocycles. The monoisotopic (exact) mass is 340 g/mol. The van der Waals surface area contributed by atoms with Crippen LogP contribution in [0.15, 0.2) is 29.3 Å². The van der Waals surface area contributed by atoms with E-state index < -0.39 is 11.5 Å². The fourth-order valence-corrected chi connectivity index (χ4v) is 3.49. The summed E-state index contributed by atoms with van der Waals surface area (Å²) in [4.78, 5) is 35.9. The summed E-state index contributed by atoms with van der Waals surface area (Å²) in [5.74, 6) is -0.0729. The summed E-state index contributed by atoms with van der Waals surface area (Å²) < 4.78 is 0. The Hall–Kier alpha value is -2.50. The maximum atomic E-state index is 12.7. The van der Waals surface area contributed by atoms with Gasteiger partial charge < -0.3 is 10.3 Å². The van der Waals surface area contributed by atoms with Gasteiger partial charge in [-0.3, -0.25) is 14.6 Å². The molecule has 1 atom stereocenters. The van der Waals surface area contributed by atoms with Gasteiger partial charge in [-0.05, 0) is 44.2 Å². The lowest BCUT2D eigenvalue weighted by atomic mass is 9.81. The van der Waals surface area contributed by atoms with Crippen molar-refractivity contribution in [3.8, 4) is 0 Å². The van der Waals surface area contributed by atoms with E-state index in [1.165, 1.54) is 19.3 Å². The molecule has 6 heteroatoms. The van der Waals surface area contributed by atoms with Gasteiger partial charge in [-0.25, -0.2) is 4.98 Å².